The Morgan fingerprint density at radius 1 is 1.06 bits per heavy atom. The molecule has 0 spiro atoms. The number of ether oxygens (including phenoxy) is 1. The van der Waals surface area contributed by atoms with Gasteiger partial charge in [-0.15, -0.1) is 5.10 Å². The molecule has 194 valence electrons. The maximum absolute atomic E-state index is 13.4. The van der Waals surface area contributed by atoms with E-state index in [0.717, 1.165) is 16.6 Å². The van der Waals surface area contributed by atoms with Crippen LogP contribution < -0.4 is 0 Å². The highest BCUT2D eigenvalue weighted by Gasteiger charge is 2.46. The molecule has 36 heavy (non-hydrogen) atoms. The summed E-state index contributed by atoms with van der Waals surface area (Å²) in [6, 6.07) is 10.3. The van der Waals surface area contributed by atoms with Crippen LogP contribution in [0.2, 0.25) is 0 Å². The average molecular weight is 528 g/mol. The van der Waals surface area contributed by atoms with Crippen LogP contribution in [0.1, 0.15) is 18.0 Å². The van der Waals surface area contributed by atoms with Crippen molar-refractivity contribution in [2.24, 2.45) is 0 Å². The number of aliphatic hydroxyl groups is 3. The Kier molecular flexibility index (Phi) is 9.45. The molecule has 9 nitrogen and oxygen atoms in total. The summed E-state index contributed by atoms with van der Waals surface area (Å²) >= 11 is 4.11. The van der Waals surface area contributed by atoms with Crippen molar-refractivity contribution in [2.75, 3.05) is 6.61 Å². The summed E-state index contributed by atoms with van der Waals surface area (Å²) in [6.07, 6.45) is -4.94. The molecule has 2 aromatic carbocycles. The fourth-order valence-electron chi connectivity index (χ4n) is 3.67. The van der Waals surface area contributed by atoms with Crippen LogP contribution in [0.5, 0.6) is 0 Å². The number of aliphatic carboxylic acids is 1. The number of benzene rings is 2. The van der Waals surface area contributed by atoms with Crippen molar-refractivity contribution < 1.29 is 43.1 Å². The lowest BCUT2D eigenvalue weighted by Gasteiger charge is -2.41. The van der Waals surface area contributed by atoms with Crippen LogP contribution in [-0.4, -0.2) is 72.4 Å². The van der Waals surface area contributed by atoms with Crippen LogP contribution in [0.25, 0.3) is 11.3 Å². The van der Waals surface area contributed by atoms with Crippen molar-refractivity contribution in [3.8, 4) is 11.3 Å². The van der Waals surface area contributed by atoms with Gasteiger partial charge in [-0.2, -0.15) is 12.6 Å². The molecule has 4 N–H and O–H groups in total. The van der Waals surface area contributed by atoms with E-state index in [4.69, 9.17) is 9.84 Å². The van der Waals surface area contributed by atoms with Crippen molar-refractivity contribution in [1.82, 2.24) is 15.0 Å². The number of carboxylic acid groups (broad SMARTS) is 1. The number of hydrogen-bond donors (Lipinski definition) is 5. The van der Waals surface area contributed by atoms with E-state index in [0.29, 0.717) is 12.1 Å². The molecule has 1 fully saturated rings. The molecule has 5 unspecified atom stereocenters. The predicted octanol–water partition coefficient (Wildman–Crippen LogP) is 1.98. The van der Waals surface area contributed by atoms with Crippen molar-refractivity contribution in [3.63, 3.8) is 0 Å². The summed E-state index contributed by atoms with van der Waals surface area (Å²) in [5.74, 6) is -4.95. The summed E-state index contributed by atoms with van der Waals surface area (Å²) in [4.78, 5) is 11.0. The lowest BCUT2D eigenvalue weighted by atomic mass is 9.91. The Labute approximate surface area is 209 Å². The van der Waals surface area contributed by atoms with E-state index in [9.17, 15) is 33.3 Å². The molecular formula is C23H24F3N3O6S. The number of hydrogen-bond acceptors (Lipinski definition) is 8. The topological polar surface area (TPSA) is 138 Å². The molecule has 0 saturated carbocycles. The molecule has 0 radical (unpaired) electrons. The summed E-state index contributed by atoms with van der Waals surface area (Å²) in [7, 11) is 0. The third-order valence-electron chi connectivity index (χ3n) is 5.49. The van der Waals surface area contributed by atoms with Gasteiger partial charge in [-0.1, -0.05) is 35.5 Å². The van der Waals surface area contributed by atoms with E-state index in [-0.39, 0.29) is 11.3 Å². The second kappa shape index (κ2) is 12.3. The Bertz CT molecular complexity index is 1150. The van der Waals surface area contributed by atoms with Gasteiger partial charge in [-0.25, -0.2) is 17.9 Å². The molecule has 1 aliphatic heterocycles. The first-order valence-electron chi connectivity index (χ1n) is 10.7. The van der Waals surface area contributed by atoms with Gasteiger partial charge in [0.1, 0.15) is 30.0 Å². The maximum atomic E-state index is 13.4. The predicted molar refractivity (Wildman–Crippen MR) is 124 cm³/mol. The van der Waals surface area contributed by atoms with Crippen molar-refractivity contribution in [3.05, 3.63) is 71.7 Å². The fraction of sp³-hybridized carbons (Fsp3) is 0.348. The smallest absolute Gasteiger partial charge is 0.306 e. The number of nitrogens with zero attached hydrogens (tertiary/aromatic N) is 3. The standard InChI is InChI=1S/C16H16F3N3O6.C7H8S/c17-7-1-6(2-8(18)13(7)19)9-4-22(21-20-9)14-15(26)10(3-12(24)25)28-11(5-23)16(14)27;8-6-7-4-2-1-3-5-7/h1-2,4,10-11,14-16,23,26-27H,3,5H2,(H,24,25);1-5,8H,6H2. The highest BCUT2D eigenvalue weighted by molar-refractivity contribution is 7.79. The minimum absolute atomic E-state index is 0.0842. The zero-order chi connectivity index (χ0) is 26.4. The first kappa shape index (κ1) is 27.6. The molecule has 3 aromatic rings. The van der Waals surface area contributed by atoms with Crippen LogP contribution in [-0.2, 0) is 15.3 Å². The normalized spacial score (nSPS) is 23.6. The van der Waals surface area contributed by atoms with Crippen LogP contribution >= 0.6 is 12.6 Å². The maximum Gasteiger partial charge on any atom is 0.306 e. The quantitative estimate of drug-likeness (QED) is 0.242. The van der Waals surface area contributed by atoms with Crippen molar-refractivity contribution in [2.45, 2.75) is 42.6 Å². The monoisotopic (exact) mass is 527 g/mol. The van der Waals surface area contributed by atoms with Gasteiger partial charge in [0.2, 0.25) is 0 Å². The number of thiol groups is 1. The van der Waals surface area contributed by atoms with E-state index in [1.54, 1.807) is 0 Å². The summed E-state index contributed by atoms with van der Waals surface area (Å²) in [6.45, 7) is -0.656. The lowest BCUT2D eigenvalue weighted by Crippen LogP contribution is -2.56. The van der Waals surface area contributed by atoms with Crippen LogP contribution in [0.4, 0.5) is 13.2 Å². The molecule has 4 rings (SSSR count). The van der Waals surface area contributed by atoms with Gasteiger partial charge in [-0.05, 0) is 17.7 Å². The summed E-state index contributed by atoms with van der Waals surface area (Å²) in [5.41, 5.74) is 1.05. The zero-order valence-corrected chi connectivity index (χ0v) is 19.5. The Balaban J connectivity index is 0.000000383. The van der Waals surface area contributed by atoms with Gasteiger partial charge in [0.15, 0.2) is 17.5 Å². The Hall–Kier alpha value is -2.97. The van der Waals surface area contributed by atoms with Gasteiger partial charge >= 0.3 is 5.97 Å². The van der Waals surface area contributed by atoms with E-state index < -0.39 is 66.9 Å². The van der Waals surface area contributed by atoms with Crippen LogP contribution in [0.3, 0.4) is 0 Å². The lowest BCUT2D eigenvalue weighted by molar-refractivity contribution is -0.209. The van der Waals surface area contributed by atoms with Gasteiger partial charge < -0.3 is 25.2 Å². The molecular weight excluding hydrogens is 503 g/mol. The van der Waals surface area contributed by atoms with E-state index in [1.807, 2.05) is 18.2 Å². The van der Waals surface area contributed by atoms with E-state index in [1.165, 1.54) is 5.56 Å². The molecule has 5 atom stereocenters. The molecule has 13 heteroatoms. The number of carboxylic acids is 1. The minimum atomic E-state index is -1.64. The first-order chi connectivity index (χ1) is 17.2. The zero-order valence-electron chi connectivity index (χ0n) is 18.7. The second-order valence-corrected chi connectivity index (χ2v) is 8.26. The SMILES string of the molecule is O=C(O)CC1OC(CO)C(O)C(n2cc(-c3cc(F)c(F)c(F)c3)nn2)C1O.SCc1ccccc1. The van der Waals surface area contributed by atoms with Gasteiger partial charge in [-0.3, -0.25) is 4.79 Å². The largest absolute Gasteiger partial charge is 0.481 e. The number of carbonyl (C=O) groups is 1. The van der Waals surface area contributed by atoms with Gasteiger partial charge in [0, 0.05) is 11.3 Å². The average Bonchev–Trinajstić information content (AvgIpc) is 3.34. The van der Waals surface area contributed by atoms with E-state index in [2.05, 4.69) is 35.1 Å². The molecule has 0 aliphatic carbocycles. The highest BCUT2D eigenvalue weighted by atomic mass is 32.1. The fourth-order valence-corrected chi connectivity index (χ4v) is 3.88. The third-order valence-corrected chi connectivity index (χ3v) is 5.85. The molecule has 0 amide bonds. The van der Waals surface area contributed by atoms with Crippen LogP contribution in [0.15, 0.2) is 48.7 Å². The number of aromatic nitrogens is 3. The van der Waals surface area contributed by atoms with Crippen LogP contribution in [0, 0.1) is 17.5 Å². The number of halogens is 3. The molecule has 2 heterocycles. The Morgan fingerprint density at radius 3 is 2.19 bits per heavy atom. The summed E-state index contributed by atoms with van der Waals surface area (Å²) in [5, 5.41) is 46.5. The number of aliphatic hydroxyl groups excluding tert-OH is 3. The van der Waals surface area contributed by atoms with E-state index >= 15 is 0 Å². The first-order valence-corrected chi connectivity index (χ1v) is 11.3. The minimum Gasteiger partial charge on any atom is -0.481 e. The molecule has 1 aromatic heterocycles. The van der Waals surface area contributed by atoms with Crippen molar-refractivity contribution in [1.29, 1.82) is 0 Å². The number of rotatable bonds is 6. The van der Waals surface area contributed by atoms with Crippen molar-refractivity contribution >= 4 is 18.6 Å². The van der Waals surface area contributed by atoms with Gasteiger partial charge in [0.25, 0.3) is 0 Å². The second-order valence-electron chi connectivity index (χ2n) is 7.95. The third kappa shape index (κ3) is 6.42. The molecule has 1 aliphatic rings. The Morgan fingerprint density at radius 2 is 1.67 bits per heavy atom. The summed E-state index contributed by atoms with van der Waals surface area (Å²) < 4.78 is 46.2. The van der Waals surface area contributed by atoms with Gasteiger partial charge in [0.05, 0.1) is 25.3 Å². The molecule has 0 bridgehead atoms. The highest BCUT2D eigenvalue weighted by Crippen LogP contribution is 2.32. The molecule has 1 saturated heterocycles.